The summed E-state index contributed by atoms with van der Waals surface area (Å²) in [5, 5.41) is 24.7. The number of amides is 1. The van der Waals surface area contributed by atoms with Gasteiger partial charge in [-0.1, -0.05) is 0 Å². The van der Waals surface area contributed by atoms with Gasteiger partial charge >= 0.3 is 6.09 Å². The van der Waals surface area contributed by atoms with E-state index < -0.39 is 12.2 Å². The molecule has 1 amide bonds. The van der Waals surface area contributed by atoms with Gasteiger partial charge in [-0.3, -0.25) is 5.32 Å². The Morgan fingerprint density at radius 2 is 2.33 bits per heavy atom. The van der Waals surface area contributed by atoms with Crippen LogP contribution < -0.4 is 10.1 Å². The summed E-state index contributed by atoms with van der Waals surface area (Å²) in [6.07, 6.45) is 1.20. The molecular weight excluding hydrogens is 238 g/mol. The minimum absolute atomic E-state index is 0.305. The lowest BCUT2D eigenvalue weighted by Crippen LogP contribution is -2.09. The Labute approximate surface area is 103 Å². The first-order valence-corrected chi connectivity index (χ1v) is 5.27. The van der Waals surface area contributed by atoms with Crippen LogP contribution in [0.15, 0.2) is 18.5 Å². The fourth-order valence-corrected chi connectivity index (χ4v) is 1.80. The zero-order valence-electron chi connectivity index (χ0n) is 9.91. The van der Waals surface area contributed by atoms with Crippen molar-refractivity contribution in [2.24, 2.45) is 0 Å². The van der Waals surface area contributed by atoms with Crippen LogP contribution in [0.1, 0.15) is 18.6 Å². The second kappa shape index (κ2) is 4.53. The average Bonchev–Trinajstić information content (AvgIpc) is 2.71. The molecule has 7 heteroatoms. The molecule has 96 valence electrons. The number of nitrogens with one attached hydrogen (secondary N) is 1. The van der Waals surface area contributed by atoms with Gasteiger partial charge in [0.25, 0.3) is 0 Å². The number of pyridine rings is 1. The van der Waals surface area contributed by atoms with Gasteiger partial charge < -0.3 is 14.9 Å². The Kier molecular flexibility index (Phi) is 3.07. The number of methoxy groups -OCH3 is 1. The van der Waals surface area contributed by atoms with E-state index in [-0.39, 0.29) is 0 Å². The summed E-state index contributed by atoms with van der Waals surface area (Å²) in [5.74, 6) is 0.327. The quantitative estimate of drug-likeness (QED) is 0.768. The first kappa shape index (κ1) is 12.2. The molecule has 7 nitrogen and oxygen atoms in total. The monoisotopic (exact) mass is 251 g/mol. The second-order valence-corrected chi connectivity index (χ2v) is 3.76. The SMILES string of the molecule is COc1c(NC(=O)O)ccn2ncc(C(C)O)c12. The molecule has 0 aromatic carbocycles. The van der Waals surface area contributed by atoms with E-state index >= 15 is 0 Å². The Hall–Kier alpha value is -2.28. The van der Waals surface area contributed by atoms with Crippen molar-refractivity contribution in [3.05, 3.63) is 24.0 Å². The summed E-state index contributed by atoms with van der Waals surface area (Å²) in [4.78, 5) is 10.7. The molecule has 0 aliphatic heterocycles. The lowest BCUT2D eigenvalue weighted by Gasteiger charge is -2.11. The molecule has 0 saturated heterocycles. The van der Waals surface area contributed by atoms with Crippen LogP contribution in [0.25, 0.3) is 5.52 Å². The van der Waals surface area contributed by atoms with Gasteiger partial charge in [-0.05, 0) is 13.0 Å². The molecule has 2 aromatic rings. The molecular formula is C11H13N3O4. The number of hydrogen-bond donors (Lipinski definition) is 3. The summed E-state index contributed by atoms with van der Waals surface area (Å²) in [7, 11) is 1.43. The number of carboxylic acid groups (broad SMARTS) is 1. The number of aliphatic hydroxyl groups is 1. The Morgan fingerprint density at radius 1 is 1.61 bits per heavy atom. The molecule has 2 aromatic heterocycles. The van der Waals surface area contributed by atoms with E-state index in [0.717, 1.165) is 0 Å². The first-order chi connectivity index (χ1) is 8.54. The molecule has 3 N–H and O–H groups in total. The van der Waals surface area contributed by atoms with Gasteiger partial charge in [-0.15, -0.1) is 0 Å². The van der Waals surface area contributed by atoms with Crippen LogP contribution in [0.2, 0.25) is 0 Å². The van der Waals surface area contributed by atoms with Crippen LogP contribution in [0.4, 0.5) is 10.5 Å². The highest BCUT2D eigenvalue weighted by Gasteiger charge is 2.17. The summed E-state index contributed by atoms with van der Waals surface area (Å²) >= 11 is 0. The number of aliphatic hydroxyl groups excluding tert-OH is 1. The van der Waals surface area contributed by atoms with Crippen LogP contribution in [-0.4, -0.2) is 33.0 Å². The maximum atomic E-state index is 10.7. The molecule has 0 saturated carbocycles. The minimum atomic E-state index is -1.18. The van der Waals surface area contributed by atoms with Crippen molar-refractivity contribution in [1.29, 1.82) is 0 Å². The van der Waals surface area contributed by atoms with Crippen molar-refractivity contribution >= 4 is 17.3 Å². The van der Waals surface area contributed by atoms with Crippen molar-refractivity contribution < 1.29 is 19.7 Å². The third-order valence-corrected chi connectivity index (χ3v) is 2.56. The summed E-state index contributed by atoms with van der Waals surface area (Å²) in [6.45, 7) is 1.60. The largest absolute Gasteiger partial charge is 0.492 e. The molecule has 0 radical (unpaired) electrons. The zero-order valence-corrected chi connectivity index (χ0v) is 9.91. The average molecular weight is 251 g/mol. The van der Waals surface area contributed by atoms with Gasteiger partial charge in [0.1, 0.15) is 5.52 Å². The third kappa shape index (κ3) is 1.95. The van der Waals surface area contributed by atoms with Crippen LogP contribution in [-0.2, 0) is 0 Å². The Balaban J connectivity index is 2.68. The molecule has 0 fully saturated rings. The van der Waals surface area contributed by atoms with Gasteiger partial charge in [0, 0.05) is 11.8 Å². The van der Waals surface area contributed by atoms with E-state index in [1.807, 2.05) is 0 Å². The molecule has 18 heavy (non-hydrogen) atoms. The number of aromatic nitrogens is 2. The highest BCUT2D eigenvalue weighted by Crippen LogP contribution is 2.33. The zero-order chi connectivity index (χ0) is 13.3. The summed E-state index contributed by atoms with van der Waals surface area (Å²) in [6, 6.07) is 1.54. The standard InChI is InChI=1S/C11H13N3O4/c1-6(15)7-5-12-14-4-3-8(13-11(16)17)10(18-2)9(7)14/h3-6,13,15H,1-2H3,(H,16,17). The normalized spacial score (nSPS) is 12.4. The van der Waals surface area contributed by atoms with E-state index in [0.29, 0.717) is 22.5 Å². The van der Waals surface area contributed by atoms with E-state index in [9.17, 15) is 9.90 Å². The van der Waals surface area contributed by atoms with E-state index in [4.69, 9.17) is 9.84 Å². The summed E-state index contributed by atoms with van der Waals surface area (Å²) in [5.41, 5.74) is 1.42. The Morgan fingerprint density at radius 3 is 2.89 bits per heavy atom. The molecule has 0 bridgehead atoms. The number of nitrogens with zero attached hydrogens (tertiary/aromatic N) is 2. The molecule has 0 aliphatic carbocycles. The predicted octanol–water partition coefficient (Wildman–Crippen LogP) is 1.49. The smallest absolute Gasteiger partial charge is 0.409 e. The molecule has 2 heterocycles. The van der Waals surface area contributed by atoms with Crippen molar-refractivity contribution in [2.45, 2.75) is 13.0 Å². The fraction of sp³-hybridized carbons (Fsp3) is 0.273. The van der Waals surface area contributed by atoms with Gasteiger partial charge in [-0.25, -0.2) is 9.31 Å². The molecule has 0 spiro atoms. The van der Waals surface area contributed by atoms with Crippen molar-refractivity contribution in [2.75, 3.05) is 12.4 Å². The number of hydrogen-bond acceptors (Lipinski definition) is 4. The first-order valence-electron chi connectivity index (χ1n) is 5.27. The van der Waals surface area contributed by atoms with E-state index in [1.165, 1.54) is 17.8 Å². The van der Waals surface area contributed by atoms with E-state index in [2.05, 4.69) is 10.4 Å². The highest BCUT2D eigenvalue weighted by atomic mass is 16.5. The number of anilines is 1. The predicted molar refractivity (Wildman–Crippen MR) is 64.0 cm³/mol. The lowest BCUT2D eigenvalue weighted by atomic mass is 10.1. The van der Waals surface area contributed by atoms with Gasteiger partial charge in [-0.2, -0.15) is 5.10 Å². The molecule has 0 aliphatic rings. The molecule has 1 unspecified atom stereocenters. The second-order valence-electron chi connectivity index (χ2n) is 3.76. The van der Waals surface area contributed by atoms with Gasteiger partial charge in [0.15, 0.2) is 5.75 Å². The molecule has 2 rings (SSSR count). The number of carbonyl (C=O) groups is 1. The molecule has 1 atom stereocenters. The summed E-state index contributed by atoms with van der Waals surface area (Å²) < 4.78 is 6.73. The maximum Gasteiger partial charge on any atom is 0.409 e. The topological polar surface area (TPSA) is 96.1 Å². The fourth-order valence-electron chi connectivity index (χ4n) is 1.80. The van der Waals surface area contributed by atoms with Crippen molar-refractivity contribution in [3.8, 4) is 5.75 Å². The third-order valence-electron chi connectivity index (χ3n) is 2.56. The van der Waals surface area contributed by atoms with Gasteiger partial charge in [0.05, 0.1) is 25.1 Å². The Bertz CT molecular complexity index is 591. The van der Waals surface area contributed by atoms with Gasteiger partial charge in [0.2, 0.25) is 0 Å². The maximum absolute atomic E-state index is 10.7. The van der Waals surface area contributed by atoms with Crippen molar-refractivity contribution in [3.63, 3.8) is 0 Å². The van der Waals surface area contributed by atoms with Crippen LogP contribution >= 0.6 is 0 Å². The number of rotatable bonds is 3. The van der Waals surface area contributed by atoms with Crippen molar-refractivity contribution in [1.82, 2.24) is 9.61 Å². The number of ether oxygens (including phenoxy) is 1. The van der Waals surface area contributed by atoms with Crippen LogP contribution in [0, 0.1) is 0 Å². The highest BCUT2D eigenvalue weighted by molar-refractivity contribution is 5.89. The van der Waals surface area contributed by atoms with E-state index in [1.54, 1.807) is 19.2 Å². The lowest BCUT2D eigenvalue weighted by molar-refractivity contribution is 0.200. The van der Waals surface area contributed by atoms with Crippen LogP contribution in [0.3, 0.4) is 0 Å². The minimum Gasteiger partial charge on any atom is -0.492 e. The van der Waals surface area contributed by atoms with Crippen LogP contribution in [0.5, 0.6) is 5.75 Å². The number of fused-ring (bicyclic) bond motifs is 1.